The summed E-state index contributed by atoms with van der Waals surface area (Å²) >= 11 is 0. The van der Waals surface area contributed by atoms with Crippen LogP contribution in [0.5, 0.6) is 0 Å². The van der Waals surface area contributed by atoms with E-state index in [1.807, 2.05) is 18.2 Å². The number of imide groups is 6. The van der Waals surface area contributed by atoms with Crippen LogP contribution in [0.3, 0.4) is 0 Å². The minimum atomic E-state index is -0.982. The van der Waals surface area contributed by atoms with Crippen LogP contribution in [-0.2, 0) is 104 Å². The first kappa shape index (κ1) is 103. The Balaban J connectivity index is 0.000000296. The zero-order chi connectivity index (χ0) is 84.3. The van der Waals surface area contributed by atoms with E-state index in [1.165, 1.54) is 6.42 Å². The van der Waals surface area contributed by atoms with Crippen LogP contribution in [-0.4, -0.2) is 321 Å². The van der Waals surface area contributed by atoms with Crippen molar-refractivity contribution in [3.63, 3.8) is 0 Å². The van der Waals surface area contributed by atoms with Crippen molar-refractivity contribution >= 4 is 131 Å². The van der Waals surface area contributed by atoms with Crippen LogP contribution in [0.2, 0.25) is 0 Å². The number of hydrogen-bond donors (Lipinski definition) is 6. The third-order valence-corrected chi connectivity index (χ3v) is 20.0. The molecule has 7 N–H and O–H groups in total. The number of nitrogens with zero attached hydrogens (tertiary/aromatic N) is 8. The van der Waals surface area contributed by atoms with Gasteiger partial charge in [0.1, 0.15) is 42.2 Å². The molecule has 0 aliphatic carbocycles. The summed E-state index contributed by atoms with van der Waals surface area (Å²) in [5.41, 5.74) is 8.49. The second-order valence-electron chi connectivity index (χ2n) is 30.6. The summed E-state index contributed by atoms with van der Waals surface area (Å²) < 4.78 is 42.2. The number of aldehydes is 1. The van der Waals surface area contributed by atoms with Gasteiger partial charge in [-0.1, -0.05) is 25.6 Å². The largest absolute Gasteiger partial charge is 0.444 e. The third kappa shape index (κ3) is 29.3. The first-order valence-electron chi connectivity index (χ1n) is 39.9. The van der Waals surface area contributed by atoms with Gasteiger partial charge in [-0.3, -0.25) is 98.0 Å². The zero-order valence-corrected chi connectivity index (χ0v) is 73.4. The van der Waals surface area contributed by atoms with Gasteiger partial charge >= 0.3 is 12.2 Å². The Bertz CT molecular complexity index is 4090. The molecule has 665 valence electrons. The second-order valence-corrected chi connectivity index (χ2v) is 30.6. The van der Waals surface area contributed by atoms with Gasteiger partial charge in [0.15, 0.2) is 0 Å². The van der Waals surface area contributed by atoms with Gasteiger partial charge in [0.2, 0.25) is 35.4 Å². The predicted octanol–water partition coefficient (Wildman–Crippen LogP) is 3.27. The molecular weight excluding hydrogens is 1700 g/mol. The maximum Gasteiger partial charge on any atom is 0.407 e. The molecule has 3 aromatic rings. The molecular formula is C81H116Cl2N14O23Y. The topological polar surface area (TPSA) is 442 Å². The Labute approximate surface area is 742 Å². The number of halogens is 2. The van der Waals surface area contributed by atoms with E-state index in [0.717, 1.165) is 85.6 Å². The van der Waals surface area contributed by atoms with Crippen molar-refractivity contribution in [3.8, 4) is 0 Å². The summed E-state index contributed by atoms with van der Waals surface area (Å²) in [7, 11) is 0. The number of nitrogens with one attached hydrogen (secondary N) is 5. The molecule has 9 aliphatic rings. The van der Waals surface area contributed by atoms with Crippen LogP contribution >= 0.6 is 24.8 Å². The quantitative estimate of drug-likeness (QED) is 0.0306. The average molecular weight is 1810 g/mol. The smallest absolute Gasteiger partial charge is 0.407 e. The van der Waals surface area contributed by atoms with Gasteiger partial charge in [-0.05, 0) is 116 Å². The standard InChI is InChI=1S/C28H39N5O8.C23H31N5O6.C18H19N3O4.C11H21NO5.CH4.2ClH.Y/c1-28(2,3)41-27(38)29-9-15-39-17-18-40-16-14-31-10-12-32(13-11-31)20-6-4-5-19-23(20)26(37)33(25(19)36)21-7-8-22(34)30-24(21)35;24-6-12-33-14-15-34-13-11-26-7-9-27(10-8-26)17-3-1-2-16-20(17)23(32)28(22(16)31)18-4-5-19(29)25-21(18)30;22-14-8-7-13(16(23)19-14)21-17(24)11-5-4-6-12(15(11)18(21)25)20-9-2-1-3-10-20;1-11(2,3)17-10(14)12-4-6-15-8-9-16-7-5-13;;;;/h4-6,21H,7-18H2,1-3H3,(H,29,38)(H,30,34,35);1-3,18H,4-15,24H2,(H,25,29,30);4-6,13H,1-3,7-10H2,(H,19,22,23);5H,4,6-9H2,1-3H3,(H,12,14);1H4;2*1H;. The van der Waals surface area contributed by atoms with E-state index in [2.05, 4.69) is 51.1 Å². The fourth-order valence-electron chi connectivity index (χ4n) is 14.4. The molecule has 0 saturated carbocycles. The fraction of sp³-hybridized carbons (Fsp3) is 0.593. The molecule has 6 fully saturated rings. The zero-order valence-electron chi connectivity index (χ0n) is 68.9. The van der Waals surface area contributed by atoms with Crippen LogP contribution in [0.25, 0.3) is 0 Å². The van der Waals surface area contributed by atoms with Crippen LogP contribution in [0.4, 0.5) is 26.7 Å². The van der Waals surface area contributed by atoms with Crippen molar-refractivity contribution in [2.24, 2.45) is 5.73 Å². The van der Waals surface area contributed by atoms with Gasteiger partial charge in [-0.25, -0.2) is 9.59 Å². The molecule has 3 unspecified atom stereocenters. The van der Waals surface area contributed by atoms with E-state index in [0.29, 0.717) is 164 Å². The van der Waals surface area contributed by atoms with E-state index in [4.69, 9.17) is 43.6 Å². The number of piperidine rings is 4. The van der Waals surface area contributed by atoms with E-state index in [9.17, 15) is 71.9 Å². The van der Waals surface area contributed by atoms with E-state index < -0.39 is 101 Å². The number of ether oxygens (including phenoxy) is 8. The molecule has 14 amide bonds. The summed E-state index contributed by atoms with van der Waals surface area (Å²) in [6, 6.07) is 12.8. The fourth-order valence-corrected chi connectivity index (χ4v) is 14.4. The molecule has 0 aromatic heterocycles. The molecule has 0 bridgehead atoms. The summed E-state index contributed by atoms with van der Waals surface area (Å²) in [6.07, 6.45) is 3.80. The summed E-state index contributed by atoms with van der Waals surface area (Å²) in [5, 5.41) is 11.9. The van der Waals surface area contributed by atoms with Gasteiger partial charge in [0.05, 0.1) is 123 Å². The molecule has 37 nitrogen and oxygen atoms in total. The molecule has 12 rings (SSSR count). The van der Waals surface area contributed by atoms with Crippen molar-refractivity contribution in [1.82, 2.24) is 51.1 Å². The average Bonchev–Trinajstić information content (AvgIpc) is 1.61. The first-order chi connectivity index (χ1) is 56.1. The SMILES string of the molecule is C.CC(C)(C)OC(=O)NCCOCCOCC=O.CC(C)(C)OC(=O)NCCOCCOCCN1CCN(c2cccc3c2C(=O)N(C2CCC(=O)NC2=O)C3=O)CC1.Cl.Cl.NCCOCCOCCN1CCN(c2cccc3c2C(=O)N(C2CCC(=O)NC2=O)C3=O)CC1.O=C1CCC(N2C(=O)c3cccc(N4CCCCC4)c3C2=O)C(=O)N1.[Y]. The number of carbonyl (C=O) groups excluding carboxylic acids is 15. The maximum atomic E-state index is 13.4. The van der Waals surface area contributed by atoms with Crippen LogP contribution in [0.15, 0.2) is 54.6 Å². The Hall–Kier alpha value is -8.57. The number of benzene rings is 3. The van der Waals surface area contributed by atoms with Crippen LogP contribution in [0.1, 0.15) is 169 Å². The van der Waals surface area contributed by atoms with Gasteiger partial charge in [0, 0.05) is 150 Å². The minimum Gasteiger partial charge on any atom is -0.444 e. The molecule has 1 radical (unpaired) electrons. The molecule has 6 saturated heterocycles. The Morgan fingerprint density at radius 1 is 0.421 bits per heavy atom. The number of amides is 14. The predicted molar refractivity (Wildman–Crippen MR) is 442 cm³/mol. The van der Waals surface area contributed by atoms with Gasteiger partial charge in [-0.2, -0.15) is 0 Å². The summed E-state index contributed by atoms with van der Waals surface area (Å²) in [5.74, 6) is -5.79. The second kappa shape index (κ2) is 50.3. The van der Waals surface area contributed by atoms with Crippen molar-refractivity contribution in [2.75, 3.05) is 192 Å². The Morgan fingerprint density at radius 2 is 0.727 bits per heavy atom. The molecule has 3 atom stereocenters. The number of hydrogen-bond acceptors (Lipinski definition) is 29. The normalized spacial score (nSPS) is 19.1. The molecule has 9 heterocycles. The number of piperazine rings is 2. The maximum absolute atomic E-state index is 13.4. The summed E-state index contributed by atoms with van der Waals surface area (Å²) in [6.45, 7) is 26.4. The van der Waals surface area contributed by atoms with Crippen molar-refractivity contribution in [3.05, 3.63) is 88.0 Å². The van der Waals surface area contributed by atoms with Gasteiger partial charge < -0.3 is 73.8 Å². The summed E-state index contributed by atoms with van der Waals surface area (Å²) in [4.78, 5) is 196. The Kier molecular flexibility index (Phi) is 42.8. The van der Waals surface area contributed by atoms with E-state index in [1.54, 1.807) is 77.9 Å². The van der Waals surface area contributed by atoms with E-state index >= 15 is 0 Å². The number of carbonyl (C=O) groups is 15. The molecule has 9 aliphatic heterocycles. The number of fused-ring (bicyclic) bond motifs is 3. The molecule has 121 heavy (non-hydrogen) atoms. The third-order valence-electron chi connectivity index (χ3n) is 20.0. The number of alkyl carbamates (subject to hydrolysis) is 2. The Morgan fingerprint density at radius 3 is 1.03 bits per heavy atom. The molecule has 40 heteroatoms. The molecule has 0 spiro atoms. The van der Waals surface area contributed by atoms with Gasteiger partial charge in [0.25, 0.3) is 35.4 Å². The minimum absolute atomic E-state index is 0. The first-order valence-corrected chi connectivity index (χ1v) is 39.9. The van der Waals surface area contributed by atoms with Gasteiger partial charge in [-0.15, -0.1) is 24.8 Å². The van der Waals surface area contributed by atoms with E-state index in [-0.39, 0.29) is 127 Å². The van der Waals surface area contributed by atoms with Crippen molar-refractivity contribution < 1.29 is 143 Å². The van der Waals surface area contributed by atoms with Crippen molar-refractivity contribution in [2.45, 2.75) is 136 Å². The van der Waals surface area contributed by atoms with Crippen LogP contribution in [0, 0.1) is 0 Å². The monoisotopic (exact) mass is 1810 g/mol. The molecule has 3 aromatic carbocycles. The van der Waals surface area contributed by atoms with Crippen molar-refractivity contribution in [1.29, 1.82) is 0 Å². The van der Waals surface area contributed by atoms with Crippen LogP contribution < -0.4 is 47.0 Å². The number of rotatable bonds is 31. The number of nitrogens with two attached hydrogens (primary N) is 1. The number of anilines is 3.